The highest BCUT2D eigenvalue weighted by Gasteiger charge is 2.39. The first kappa shape index (κ1) is 17.0. The number of aromatic nitrogens is 3. The summed E-state index contributed by atoms with van der Waals surface area (Å²) in [5.41, 5.74) is 0.608. The average molecular weight is 366 g/mol. The van der Waals surface area contributed by atoms with E-state index in [9.17, 15) is 18.0 Å². The molecule has 0 saturated carbocycles. The Bertz CT molecular complexity index is 849. The van der Waals surface area contributed by atoms with E-state index in [2.05, 4.69) is 10.3 Å². The standard InChI is InChI=1S/C17H17F3N4O2/c1-10-2-3-11(17(18,19)20)6-13(10)16(25)23-5-4-15-14(8-23)24-12(9-26-15)7-21-22-24/h2-3,6-7,14-15H,4-5,8-9H2,1H3/t14-,15+/m0/s1. The molecule has 0 unspecified atom stereocenters. The summed E-state index contributed by atoms with van der Waals surface area (Å²) in [4.78, 5) is 14.5. The fourth-order valence-corrected chi connectivity index (χ4v) is 3.56. The van der Waals surface area contributed by atoms with Gasteiger partial charge < -0.3 is 9.64 Å². The van der Waals surface area contributed by atoms with Gasteiger partial charge >= 0.3 is 6.18 Å². The Morgan fingerprint density at radius 3 is 2.92 bits per heavy atom. The molecule has 1 aromatic heterocycles. The second kappa shape index (κ2) is 6.08. The number of carbonyl (C=O) groups is 1. The zero-order valence-corrected chi connectivity index (χ0v) is 14.0. The highest BCUT2D eigenvalue weighted by Crippen LogP contribution is 2.33. The molecular formula is C17H17F3N4O2. The van der Waals surface area contributed by atoms with E-state index in [1.807, 2.05) is 0 Å². The van der Waals surface area contributed by atoms with Gasteiger partial charge in [0.2, 0.25) is 0 Å². The second-order valence-corrected chi connectivity index (χ2v) is 6.65. The fourth-order valence-electron chi connectivity index (χ4n) is 3.56. The number of likely N-dealkylation sites (tertiary alicyclic amines) is 1. The van der Waals surface area contributed by atoms with E-state index in [0.717, 1.165) is 17.8 Å². The van der Waals surface area contributed by atoms with Crippen molar-refractivity contribution in [1.29, 1.82) is 0 Å². The van der Waals surface area contributed by atoms with Crippen LogP contribution in [0.25, 0.3) is 0 Å². The Kier molecular flexibility index (Phi) is 3.98. The van der Waals surface area contributed by atoms with Gasteiger partial charge in [0.1, 0.15) is 0 Å². The van der Waals surface area contributed by atoms with Gasteiger partial charge in [-0.05, 0) is 31.0 Å². The van der Waals surface area contributed by atoms with E-state index in [1.54, 1.807) is 22.7 Å². The van der Waals surface area contributed by atoms with Crippen molar-refractivity contribution < 1.29 is 22.7 Å². The predicted octanol–water partition coefficient (Wildman–Crippen LogP) is 2.59. The molecule has 1 amide bonds. The topological polar surface area (TPSA) is 60.3 Å². The smallest absolute Gasteiger partial charge is 0.370 e. The van der Waals surface area contributed by atoms with E-state index in [4.69, 9.17) is 4.74 Å². The van der Waals surface area contributed by atoms with Crippen LogP contribution in [0, 0.1) is 6.92 Å². The molecule has 1 fully saturated rings. The molecule has 1 saturated heterocycles. The number of carbonyl (C=O) groups excluding carboxylic acids is 1. The number of rotatable bonds is 1. The van der Waals surface area contributed by atoms with E-state index in [-0.39, 0.29) is 17.7 Å². The van der Waals surface area contributed by atoms with Gasteiger partial charge in [-0.25, -0.2) is 4.68 Å². The number of amides is 1. The lowest BCUT2D eigenvalue weighted by Crippen LogP contribution is -2.50. The van der Waals surface area contributed by atoms with Crippen molar-refractivity contribution in [2.24, 2.45) is 0 Å². The van der Waals surface area contributed by atoms with Crippen LogP contribution in [0.2, 0.25) is 0 Å². The highest BCUT2D eigenvalue weighted by atomic mass is 19.4. The van der Waals surface area contributed by atoms with Gasteiger partial charge in [-0.3, -0.25) is 4.79 Å². The maximum Gasteiger partial charge on any atom is 0.416 e. The molecule has 6 nitrogen and oxygen atoms in total. The second-order valence-electron chi connectivity index (χ2n) is 6.65. The lowest BCUT2D eigenvalue weighted by molar-refractivity contribution is -0.137. The lowest BCUT2D eigenvalue weighted by Gasteiger charge is -2.41. The van der Waals surface area contributed by atoms with Crippen LogP contribution in [0.4, 0.5) is 13.2 Å². The quantitative estimate of drug-likeness (QED) is 0.778. The Morgan fingerprint density at radius 2 is 2.15 bits per heavy atom. The summed E-state index contributed by atoms with van der Waals surface area (Å²) in [5, 5.41) is 7.95. The van der Waals surface area contributed by atoms with Crippen LogP contribution < -0.4 is 0 Å². The summed E-state index contributed by atoms with van der Waals surface area (Å²) in [6.45, 7) is 2.82. The Balaban J connectivity index is 1.60. The molecule has 0 N–H and O–H groups in total. The fraction of sp³-hybridized carbons (Fsp3) is 0.471. The van der Waals surface area contributed by atoms with E-state index in [1.165, 1.54) is 6.07 Å². The van der Waals surface area contributed by atoms with Gasteiger partial charge in [-0.1, -0.05) is 11.3 Å². The van der Waals surface area contributed by atoms with Gasteiger partial charge in [0.05, 0.1) is 36.2 Å². The zero-order chi connectivity index (χ0) is 18.5. The van der Waals surface area contributed by atoms with Crippen molar-refractivity contribution in [2.75, 3.05) is 13.1 Å². The molecule has 9 heteroatoms. The van der Waals surface area contributed by atoms with Crippen molar-refractivity contribution in [1.82, 2.24) is 19.9 Å². The number of benzene rings is 1. The monoisotopic (exact) mass is 366 g/mol. The number of halogens is 3. The maximum atomic E-state index is 13.0. The summed E-state index contributed by atoms with van der Waals surface area (Å²) in [7, 11) is 0. The summed E-state index contributed by atoms with van der Waals surface area (Å²) in [5.74, 6) is -0.403. The minimum absolute atomic E-state index is 0.0733. The third-order valence-electron chi connectivity index (χ3n) is 5.01. The average Bonchev–Trinajstić information content (AvgIpc) is 3.09. The summed E-state index contributed by atoms with van der Waals surface area (Å²) in [6, 6.07) is 3.09. The van der Waals surface area contributed by atoms with Crippen molar-refractivity contribution in [3.05, 3.63) is 46.8 Å². The van der Waals surface area contributed by atoms with Crippen molar-refractivity contribution in [3.8, 4) is 0 Å². The number of ether oxygens (including phenoxy) is 1. The van der Waals surface area contributed by atoms with Crippen LogP contribution >= 0.6 is 0 Å². The molecule has 2 aromatic rings. The molecule has 0 radical (unpaired) electrons. The number of fused-ring (bicyclic) bond motifs is 3. The summed E-state index contributed by atoms with van der Waals surface area (Å²) in [6.07, 6.45) is -2.33. The molecule has 0 bridgehead atoms. The molecule has 3 heterocycles. The Morgan fingerprint density at radius 1 is 1.35 bits per heavy atom. The van der Waals surface area contributed by atoms with Crippen LogP contribution in [0.15, 0.2) is 24.4 Å². The number of hydrogen-bond acceptors (Lipinski definition) is 4. The first-order valence-electron chi connectivity index (χ1n) is 8.32. The predicted molar refractivity (Wildman–Crippen MR) is 84.3 cm³/mol. The first-order valence-corrected chi connectivity index (χ1v) is 8.32. The Hall–Kier alpha value is -2.42. The minimum Gasteiger partial charge on any atom is -0.370 e. The molecular weight excluding hydrogens is 349 g/mol. The summed E-state index contributed by atoms with van der Waals surface area (Å²) >= 11 is 0. The number of nitrogens with zero attached hydrogens (tertiary/aromatic N) is 4. The van der Waals surface area contributed by atoms with Crippen molar-refractivity contribution >= 4 is 5.91 Å². The lowest BCUT2D eigenvalue weighted by atomic mass is 9.98. The number of aryl methyl sites for hydroxylation is 1. The van der Waals surface area contributed by atoms with Crippen molar-refractivity contribution in [3.63, 3.8) is 0 Å². The molecule has 0 aliphatic carbocycles. The van der Waals surface area contributed by atoms with E-state index in [0.29, 0.717) is 31.7 Å². The normalized spacial score (nSPS) is 22.7. The maximum absolute atomic E-state index is 13.0. The van der Waals surface area contributed by atoms with Crippen LogP contribution in [0.3, 0.4) is 0 Å². The van der Waals surface area contributed by atoms with Crippen LogP contribution in [0.1, 0.15) is 39.6 Å². The minimum atomic E-state index is -4.48. The molecule has 1 aromatic carbocycles. The molecule has 4 rings (SSSR count). The Labute approximate surface area is 147 Å². The number of piperidine rings is 1. The largest absolute Gasteiger partial charge is 0.416 e. The molecule has 0 spiro atoms. The van der Waals surface area contributed by atoms with Crippen molar-refractivity contribution in [2.45, 2.75) is 38.3 Å². The third kappa shape index (κ3) is 2.86. The molecule has 138 valence electrons. The van der Waals surface area contributed by atoms with Crippen LogP contribution in [0.5, 0.6) is 0 Å². The molecule has 2 aliphatic rings. The number of alkyl halides is 3. The van der Waals surface area contributed by atoms with Gasteiger partial charge in [-0.15, -0.1) is 5.10 Å². The van der Waals surface area contributed by atoms with Gasteiger partial charge in [0.25, 0.3) is 5.91 Å². The molecule has 2 aliphatic heterocycles. The van der Waals surface area contributed by atoms with Gasteiger partial charge in [0.15, 0.2) is 0 Å². The van der Waals surface area contributed by atoms with Gasteiger partial charge in [0, 0.05) is 18.7 Å². The summed E-state index contributed by atoms with van der Waals surface area (Å²) < 4.78 is 46.5. The molecule has 2 atom stereocenters. The van der Waals surface area contributed by atoms with E-state index >= 15 is 0 Å². The highest BCUT2D eigenvalue weighted by molar-refractivity contribution is 5.96. The van der Waals surface area contributed by atoms with Crippen LogP contribution in [-0.2, 0) is 17.5 Å². The first-order chi connectivity index (χ1) is 12.3. The third-order valence-corrected chi connectivity index (χ3v) is 5.01. The SMILES string of the molecule is Cc1ccc(C(F)(F)F)cc1C(=O)N1CC[C@H]2OCc3cnnn3[C@H]2C1. The number of hydrogen-bond donors (Lipinski definition) is 0. The zero-order valence-electron chi connectivity index (χ0n) is 14.0. The van der Waals surface area contributed by atoms with Crippen LogP contribution in [-0.4, -0.2) is 45.0 Å². The van der Waals surface area contributed by atoms with Gasteiger partial charge in [-0.2, -0.15) is 13.2 Å². The van der Waals surface area contributed by atoms with E-state index < -0.39 is 17.6 Å². The molecule has 26 heavy (non-hydrogen) atoms.